The number of carbonyl (C=O) groups is 1. The van der Waals surface area contributed by atoms with E-state index in [0.29, 0.717) is 11.1 Å². The highest BCUT2D eigenvalue weighted by Crippen LogP contribution is 2.41. The van der Waals surface area contributed by atoms with Crippen molar-refractivity contribution in [1.29, 1.82) is 0 Å². The van der Waals surface area contributed by atoms with Crippen LogP contribution in [-0.4, -0.2) is 51.9 Å². The highest BCUT2D eigenvalue weighted by Gasteiger charge is 2.39. The molecule has 130 valence electrons. The first-order chi connectivity index (χ1) is 12.3. The van der Waals surface area contributed by atoms with Crippen LogP contribution in [0, 0.1) is 5.41 Å². The van der Waals surface area contributed by atoms with Crippen LogP contribution in [0.1, 0.15) is 36.2 Å². The fourth-order valence-electron chi connectivity index (χ4n) is 3.97. The maximum absolute atomic E-state index is 12.5. The van der Waals surface area contributed by atoms with E-state index in [4.69, 9.17) is 0 Å². The van der Waals surface area contributed by atoms with Crippen LogP contribution in [0.15, 0.2) is 42.9 Å². The third kappa shape index (κ3) is 3.34. The average Bonchev–Trinajstić information content (AvgIpc) is 2.70. The zero-order valence-corrected chi connectivity index (χ0v) is 14.3. The predicted molar refractivity (Wildman–Crippen MR) is 95.3 cm³/mol. The van der Waals surface area contributed by atoms with E-state index in [0.717, 1.165) is 57.8 Å². The molecule has 2 fully saturated rings. The first kappa shape index (κ1) is 16.0. The summed E-state index contributed by atoms with van der Waals surface area (Å²) in [5, 5.41) is 0. The second kappa shape index (κ2) is 6.78. The lowest BCUT2D eigenvalue weighted by molar-refractivity contribution is 0.0509. The quantitative estimate of drug-likeness (QED) is 0.842. The van der Waals surface area contributed by atoms with Gasteiger partial charge in [-0.15, -0.1) is 0 Å². The molecular weight excluding hydrogens is 314 g/mol. The van der Waals surface area contributed by atoms with E-state index in [1.54, 1.807) is 24.7 Å². The maximum atomic E-state index is 12.5. The van der Waals surface area contributed by atoms with Crippen LogP contribution in [0.4, 0.5) is 5.95 Å². The Morgan fingerprint density at radius 2 is 1.48 bits per heavy atom. The largest absolute Gasteiger partial charge is 0.341 e. The number of amides is 1. The molecule has 1 amide bonds. The van der Waals surface area contributed by atoms with Crippen molar-refractivity contribution in [1.82, 2.24) is 19.9 Å². The zero-order valence-electron chi connectivity index (χ0n) is 14.3. The van der Waals surface area contributed by atoms with Crippen molar-refractivity contribution >= 4 is 11.9 Å². The van der Waals surface area contributed by atoms with Crippen LogP contribution in [0.25, 0.3) is 0 Å². The van der Waals surface area contributed by atoms with Crippen molar-refractivity contribution in [3.8, 4) is 0 Å². The van der Waals surface area contributed by atoms with Gasteiger partial charge in [-0.1, -0.05) is 6.07 Å². The number of hydrogen-bond acceptors (Lipinski definition) is 5. The van der Waals surface area contributed by atoms with Gasteiger partial charge in [-0.2, -0.15) is 0 Å². The summed E-state index contributed by atoms with van der Waals surface area (Å²) in [5.74, 6) is 0.894. The van der Waals surface area contributed by atoms with Crippen molar-refractivity contribution < 1.29 is 4.79 Å². The smallest absolute Gasteiger partial charge is 0.272 e. The Kier molecular flexibility index (Phi) is 4.34. The molecule has 0 aromatic carbocycles. The minimum absolute atomic E-state index is 0.0607. The van der Waals surface area contributed by atoms with Crippen LogP contribution in [-0.2, 0) is 0 Å². The van der Waals surface area contributed by atoms with E-state index >= 15 is 0 Å². The van der Waals surface area contributed by atoms with Crippen molar-refractivity contribution in [2.24, 2.45) is 5.41 Å². The van der Waals surface area contributed by atoms with Crippen LogP contribution < -0.4 is 4.90 Å². The number of rotatable bonds is 2. The lowest BCUT2D eigenvalue weighted by Gasteiger charge is -2.46. The van der Waals surface area contributed by atoms with Crippen LogP contribution in [0.2, 0.25) is 0 Å². The molecule has 4 heterocycles. The molecule has 0 N–H and O–H groups in total. The summed E-state index contributed by atoms with van der Waals surface area (Å²) in [4.78, 5) is 29.7. The van der Waals surface area contributed by atoms with E-state index in [1.807, 2.05) is 23.1 Å². The SMILES string of the molecule is O=C(c1ccccn1)N1CCC2(CC1)CCN(c1ncccn1)CC2. The molecule has 2 saturated heterocycles. The third-order valence-corrected chi connectivity index (χ3v) is 5.65. The van der Waals surface area contributed by atoms with E-state index in [1.165, 1.54) is 0 Å². The molecule has 2 aliphatic heterocycles. The van der Waals surface area contributed by atoms with Gasteiger partial charge in [0.25, 0.3) is 5.91 Å². The number of piperidine rings is 2. The van der Waals surface area contributed by atoms with E-state index in [-0.39, 0.29) is 5.91 Å². The molecular formula is C19H23N5O. The summed E-state index contributed by atoms with van der Waals surface area (Å²) < 4.78 is 0. The standard InChI is InChI=1S/C19H23N5O/c25-17(16-4-1-2-9-20-16)23-12-5-19(6-13-23)7-14-24(15-8-19)18-21-10-3-11-22-18/h1-4,9-11H,5-8,12-15H2. The Balaban J connectivity index is 1.34. The van der Waals surface area contributed by atoms with Gasteiger partial charge in [0.15, 0.2) is 0 Å². The molecule has 4 rings (SSSR count). The first-order valence-corrected chi connectivity index (χ1v) is 8.98. The number of aromatic nitrogens is 3. The molecule has 25 heavy (non-hydrogen) atoms. The van der Waals surface area contributed by atoms with Crippen molar-refractivity contribution in [2.75, 3.05) is 31.1 Å². The highest BCUT2D eigenvalue weighted by molar-refractivity contribution is 5.92. The van der Waals surface area contributed by atoms with Gasteiger partial charge in [0.1, 0.15) is 5.69 Å². The van der Waals surface area contributed by atoms with Gasteiger partial charge < -0.3 is 9.80 Å². The zero-order chi connectivity index (χ0) is 17.1. The maximum Gasteiger partial charge on any atom is 0.272 e. The van der Waals surface area contributed by atoms with E-state index < -0.39 is 0 Å². The number of hydrogen-bond donors (Lipinski definition) is 0. The Hall–Kier alpha value is -2.50. The van der Waals surface area contributed by atoms with Crippen molar-refractivity contribution in [3.05, 3.63) is 48.5 Å². The van der Waals surface area contributed by atoms with Gasteiger partial charge in [-0.3, -0.25) is 9.78 Å². The Morgan fingerprint density at radius 1 is 0.840 bits per heavy atom. The fourth-order valence-corrected chi connectivity index (χ4v) is 3.97. The summed E-state index contributed by atoms with van der Waals surface area (Å²) in [7, 11) is 0. The summed E-state index contributed by atoms with van der Waals surface area (Å²) >= 11 is 0. The monoisotopic (exact) mass is 337 g/mol. The first-order valence-electron chi connectivity index (χ1n) is 8.98. The Labute approximate surface area is 147 Å². The fraction of sp³-hybridized carbons (Fsp3) is 0.474. The molecule has 0 unspecified atom stereocenters. The van der Waals surface area contributed by atoms with Crippen LogP contribution >= 0.6 is 0 Å². The topological polar surface area (TPSA) is 62.2 Å². The van der Waals surface area contributed by atoms with Crippen LogP contribution in [0.3, 0.4) is 0 Å². The number of carbonyl (C=O) groups excluding carboxylic acids is 1. The molecule has 0 radical (unpaired) electrons. The Bertz CT molecular complexity index is 703. The summed E-state index contributed by atoms with van der Waals surface area (Å²) in [6, 6.07) is 7.35. The lowest BCUT2D eigenvalue weighted by Crippen LogP contribution is -2.48. The van der Waals surface area contributed by atoms with Crippen LogP contribution in [0.5, 0.6) is 0 Å². The number of nitrogens with zero attached hydrogens (tertiary/aromatic N) is 5. The number of anilines is 1. The van der Waals surface area contributed by atoms with Gasteiger partial charge in [-0.25, -0.2) is 9.97 Å². The molecule has 2 aliphatic rings. The molecule has 0 atom stereocenters. The molecule has 1 spiro atoms. The molecule has 6 heteroatoms. The third-order valence-electron chi connectivity index (χ3n) is 5.65. The molecule has 2 aromatic rings. The molecule has 0 bridgehead atoms. The minimum atomic E-state index is 0.0607. The van der Waals surface area contributed by atoms with Crippen molar-refractivity contribution in [2.45, 2.75) is 25.7 Å². The normalized spacial score (nSPS) is 19.8. The molecule has 0 saturated carbocycles. The van der Waals surface area contributed by atoms with Gasteiger partial charge >= 0.3 is 0 Å². The summed E-state index contributed by atoms with van der Waals surface area (Å²) in [5.41, 5.74) is 0.918. The highest BCUT2D eigenvalue weighted by atomic mass is 16.2. The second-order valence-corrected chi connectivity index (χ2v) is 7.04. The number of likely N-dealkylation sites (tertiary alicyclic amines) is 1. The van der Waals surface area contributed by atoms with Crippen molar-refractivity contribution in [3.63, 3.8) is 0 Å². The average molecular weight is 337 g/mol. The Morgan fingerprint density at radius 3 is 2.12 bits per heavy atom. The lowest BCUT2D eigenvalue weighted by atomic mass is 9.71. The predicted octanol–water partition coefficient (Wildman–Crippen LogP) is 2.39. The van der Waals surface area contributed by atoms with Gasteiger partial charge in [0.05, 0.1) is 0 Å². The minimum Gasteiger partial charge on any atom is -0.341 e. The molecule has 2 aromatic heterocycles. The van der Waals surface area contributed by atoms with Gasteiger partial charge in [-0.05, 0) is 49.3 Å². The molecule has 0 aliphatic carbocycles. The summed E-state index contributed by atoms with van der Waals surface area (Å²) in [6.45, 7) is 3.66. The van der Waals surface area contributed by atoms with Gasteiger partial charge in [0.2, 0.25) is 5.95 Å². The molecule has 6 nitrogen and oxygen atoms in total. The number of pyridine rings is 1. The van der Waals surface area contributed by atoms with E-state index in [2.05, 4.69) is 19.9 Å². The van der Waals surface area contributed by atoms with Gasteiger partial charge in [0, 0.05) is 44.8 Å². The summed E-state index contributed by atoms with van der Waals surface area (Å²) in [6.07, 6.45) is 9.74. The van der Waals surface area contributed by atoms with E-state index in [9.17, 15) is 4.79 Å². The second-order valence-electron chi connectivity index (χ2n) is 7.04.